The van der Waals surface area contributed by atoms with Crippen molar-refractivity contribution >= 4 is 44.9 Å². The SMILES string of the molecule is c1ccc(-c2ccc(N(c3ccc(-c4ccc(N(c5cccc6c5CCCC6)c5cccc6ccccc56)cc4)cc3)c3cc(-c4ccccc4)cc(-c4ccccc4)c3)cc2)cc1. The van der Waals surface area contributed by atoms with Crippen molar-refractivity contribution in [2.45, 2.75) is 25.7 Å². The Hall–Kier alpha value is -7.94. The van der Waals surface area contributed by atoms with Crippen LogP contribution in [0.3, 0.4) is 0 Å². The largest absolute Gasteiger partial charge is 0.310 e. The van der Waals surface area contributed by atoms with Crippen LogP contribution in [0.2, 0.25) is 0 Å². The van der Waals surface area contributed by atoms with E-state index in [9.17, 15) is 0 Å². The van der Waals surface area contributed by atoms with Gasteiger partial charge in [-0.1, -0.05) is 176 Å². The van der Waals surface area contributed by atoms with Gasteiger partial charge in [-0.05, 0) is 153 Å². The smallest absolute Gasteiger partial charge is 0.0540 e. The maximum Gasteiger partial charge on any atom is 0.0540 e. The minimum atomic E-state index is 1.09. The number of aryl methyl sites for hydroxylation is 1. The lowest BCUT2D eigenvalue weighted by Crippen LogP contribution is -2.15. The molecule has 0 saturated heterocycles. The number of rotatable bonds is 10. The molecule has 0 fully saturated rings. The highest BCUT2D eigenvalue weighted by molar-refractivity contribution is 5.99. The summed E-state index contributed by atoms with van der Waals surface area (Å²) in [5.41, 5.74) is 19.4. The van der Waals surface area contributed by atoms with E-state index in [2.05, 4.69) is 252 Å². The van der Waals surface area contributed by atoms with E-state index in [0.29, 0.717) is 0 Å². The summed E-state index contributed by atoms with van der Waals surface area (Å²) in [7, 11) is 0. The van der Waals surface area contributed by atoms with Crippen molar-refractivity contribution in [2.75, 3.05) is 9.80 Å². The van der Waals surface area contributed by atoms with Crippen molar-refractivity contribution in [2.24, 2.45) is 0 Å². The second kappa shape index (κ2) is 17.4. The third-order valence-corrected chi connectivity index (χ3v) is 12.8. The summed E-state index contributed by atoms with van der Waals surface area (Å²) in [5, 5.41) is 2.50. The molecule has 306 valence electrons. The molecule has 0 bridgehead atoms. The fraction of sp³-hybridized carbons (Fsp3) is 0.0645. The van der Waals surface area contributed by atoms with Gasteiger partial charge in [0.1, 0.15) is 0 Å². The van der Waals surface area contributed by atoms with E-state index in [1.54, 1.807) is 0 Å². The second-order valence-corrected chi connectivity index (χ2v) is 16.8. The molecule has 0 saturated carbocycles. The third kappa shape index (κ3) is 7.76. The number of hydrogen-bond acceptors (Lipinski definition) is 2. The summed E-state index contributed by atoms with van der Waals surface area (Å²) in [6.45, 7) is 0. The van der Waals surface area contributed by atoms with Crippen LogP contribution in [0.1, 0.15) is 24.0 Å². The Bertz CT molecular complexity index is 3110. The third-order valence-electron chi connectivity index (χ3n) is 12.8. The number of hydrogen-bond donors (Lipinski definition) is 0. The standard InChI is InChI=1S/C62H48N2/c1-4-16-45(17-5-1)48-30-36-55(37-31-48)63(58-43-53(46-18-6-2-7-19-46)42-54(44-58)47-20-8-3-9-21-47)56-38-32-49(33-39-56)50-34-40-57(41-35-50)64(61-28-14-24-51-22-10-12-26-59(51)61)62-29-15-25-52-23-11-13-27-60(52)62/h1-10,12,14-22,24-26,28-44H,11,13,23,27H2. The molecule has 2 heteroatoms. The first-order chi connectivity index (χ1) is 31.7. The normalized spacial score (nSPS) is 12.1. The molecule has 2 nitrogen and oxygen atoms in total. The maximum atomic E-state index is 2.49. The fourth-order valence-corrected chi connectivity index (χ4v) is 9.60. The van der Waals surface area contributed by atoms with Crippen LogP contribution in [-0.4, -0.2) is 0 Å². The van der Waals surface area contributed by atoms with Gasteiger partial charge in [0.15, 0.2) is 0 Å². The van der Waals surface area contributed by atoms with E-state index in [4.69, 9.17) is 0 Å². The van der Waals surface area contributed by atoms with Crippen molar-refractivity contribution in [3.8, 4) is 44.5 Å². The predicted octanol–water partition coefficient (Wildman–Crippen LogP) is 17.3. The molecule has 10 aromatic rings. The van der Waals surface area contributed by atoms with Crippen LogP contribution in [0.5, 0.6) is 0 Å². The lowest BCUT2D eigenvalue weighted by atomic mass is 9.89. The highest BCUT2D eigenvalue weighted by Crippen LogP contribution is 2.44. The molecule has 1 aliphatic carbocycles. The van der Waals surface area contributed by atoms with Gasteiger partial charge in [-0.25, -0.2) is 0 Å². The van der Waals surface area contributed by atoms with Crippen molar-refractivity contribution in [1.29, 1.82) is 0 Å². The minimum absolute atomic E-state index is 1.09. The highest BCUT2D eigenvalue weighted by atomic mass is 15.1. The van der Waals surface area contributed by atoms with Crippen molar-refractivity contribution in [3.63, 3.8) is 0 Å². The van der Waals surface area contributed by atoms with Gasteiger partial charge in [-0.15, -0.1) is 0 Å². The van der Waals surface area contributed by atoms with Gasteiger partial charge in [0.05, 0.1) is 5.69 Å². The lowest BCUT2D eigenvalue weighted by molar-refractivity contribution is 0.686. The predicted molar refractivity (Wildman–Crippen MR) is 272 cm³/mol. The van der Waals surface area contributed by atoms with E-state index in [1.165, 1.54) is 90.6 Å². The van der Waals surface area contributed by atoms with Gasteiger partial charge < -0.3 is 9.80 Å². The zero-order valence-corrected chi connectivity index (χ0v) is 35.8. The summed E-state index contributed by atoms with van der Waals surface area (Å²) in [6, 6.07) is 88.5. The van der Waals surface area contributed by atoms with Crippen molar-refractivity contribution in [3.05, 3.63) is 254 Å². The molecule has 64 heavy (non-hydrogen) atoms. The average Bonchev–Trinajstić information content (AvgIpc) is 3.38. The molecule has 0 N–H and O–H groups in total. The highest BCUT2D eigenvalue weighted by Gasteiger charge is 2.22. The molecular formula is C62H48N2. The quantitative estimate of drug-likeness (QED) is 0.136. The monoisotopic (exact) mass is 820 g/mol. The van der Waals surface area contributed by atoms with Gasteiger partial charge in [-0.3, -0.25) is 0 Å². The number of fused-ring (bicyclic) bond motifs is 2. The molecule has 0 radical (unpaired) electrons. The molecule has 0 heterocycles. The molecule has 0 amide bonds. The first-order valence-corrected chi connectivity index (χ1v) is 22.5. The first-order valence-electron chi connectivity index (χ1n) is 22.5. The first kappa shape index (κ1) is 38.9. The van der Waals surface area contributed by atoms with Crippen LogP contribution in [0.25, 0.3) is 55.3 Å². The molecule has 0 unspecified atom stereocenters. The molecule has 1 aliphatic rings. The molecular weight excluding hydrogens is 773 g/mol. The topological polar surface area (TPSA) is 6.48 Å². The van der Waals surface area contributed by atoms with Crippen molar-refractivity contribution in [1.82, 2.24) is 0 Å². The minimum Gasteiger partial charge on any atom is -0.310 e. The van der Waals surface area contributed by atoms with Gasteiger partial charge in [-0.2, -0.15) is 0 Å². The molecule has 0 atom stereocenters. The number of nitrogens with zero attached hydrogens (tertiary/aromatic N) is 2. The van der Waals surface area contributed by atoms with E-state index in [-0.39, 0.29) is 0 Å². The lowest BCUT2D eigenvalue weighted by Gasteiger charge is -2.31. The van der Waals surface area contributed by atoms with Crippen LogP contribution < -0.4 is 9.80 Å². The van der Waals surface area contributed by atoms with Gasteiger partial charge in [0, 0.05) is 33.8 Å². The van der Waals surface area contributed by atoms with Gasteiger partial charge in [0.25, 0.3) is 0 Å². The number of benzene rings is 10. The second-order valence-electron chi connectivity index (χ2n) is 16.8. The molecule has 0 spiro atoms. The Morgan fingerprint density at radius 2 is 0.688 bits per heavy atom. The number of anilines is 6. The van der Waals surface area contributed by atoms with E-state index >= 15 is 0 Å². The van der Waals surface area contributed by atoms with E-state index in [0.717, 1.165) is 35.6 Å². The summed E-state index contributed by atoms with van der Waals surface area (Å²) in [6.07, 6.45) is 4.73. The Kier molecular flexibility index (Phi) is 10.6. The van der Waals surface area contributed by atoms with E-state index < -0.39 is 0 Å². The molecule has 0 aliphatic heterocycles. The van der Waals surface area contributed by atoms with Crippen LogP contribution in [0.15, 0.2) is 243 Å². The van der Waals surface area contributed by atoms with Gasteiger partial charge >= 0.3 is 0 Å². The zero-order chi connectivity index (χ0) is 42.7. The summed E-state index contributed by atoms with van der Waals surface area (Å²) >= 11 is 0. The summed E-state index contributed by atoms with van der Waals surface area (Å²) in [5.74, 6) is 0. The van der Waals surface area contributed by atoms with Crippen LogP contribution in [-0.2, 0) is 12.8 Å². The van der Waals surface area contributed by atoms with Crippen LogP contribution in [0.4, 0.5) is 34.1 Å². The zero-order valence-electron chi connectivity index (χ0n) is 35.8. The molecule has 10 aromatic carbocycles. The fourth-order valence-electron chi connectivity index (χ4n) is 9.60. The molecule has 0 aromatic heterocycles. The Morgan fingerprint density at radius 3 is 1.25 bits per heavy atom. The van der Waals surface area contributed by atoms with Crippen LogP contribution >= 0.6 is 0 Å². The summed E-state index contributed by atoms with van der Waals surface area (Å²) < 4.78 is 0. The van der Waals surface area contributed by atoms with Crippen molar-refractivity contribution < 1.29 is 0 Å². The Morgan fingerprint density at radius 1 is 0.266 bits per heavy atom. The van der Waals surface area contributed by atoms with E-state index in [1.807, 2.05) is 0 Å². The van der Waals surface area contributed by atoms with Crippen LogP contribution in [0, 0.1) is 0 Å². The Balaban J connectivity index is 0.989. The Labute approximate surface area is 377 Å². The summed E-state index contributed by atoms with van der Waals surface area (Å²) in [4.78, 5) is 4.89. The van der Waals surface area contributed by atoms with Gasteiger partial charge in [0.2, 0.25) is 0 Å². The average molecular weight is 821 g/mol. The maximum absolute atomic E-state index is 2.49. The molecule has 11 rings (SSSR count).